The van der Waals surface area contributed by atoms with E-state index in [9.17, 15) is 0 Å². The van der Waals surface area contributed by atoms with Crippen molar-refractivity contribution in [3.05, 3.63) is 11.9 Å². The number of hydrogen-bond donors (Lipinski definition) is 1. The molecule has 0 radical (unpaired) electrons. The molecule has 0 bridgehead atoms. The van der Waals surface area contributed by atoms with E-state index in [1.807, 2.05) is 32.0 Å². The minimum Gasteiger partial charge on any atom is -0.395 e. The summed E-state index contributed by atoms with van der Waals surface area (Å²) in [7, 11) is 3.91. The minimum absolute atomic E-state index is 0.124. The van der Waals surface area contributed by atoms with Crippen LogP contribution < -0.4 is 9.80 Å². The second kappa shape index (κ2) is 5.65. The predicted octanol–water partition coefficient (Wildman–Crippen LogP) is 0.670. The molecule has 0 fully saturated rings. The van der Waals surface area contributed by atoms with E-state index in [2.05, 4.69) is 21.8 Å². The van der Waals surface area contributed by atoms with E-state index in [-0.39, 0.29) is 6.61 Å². The number of aryl methyl sites for hydroxylation is 1. The van der Waals surface area contributed by atoms with Crippen molar-refractivity contribution in [2.24, 2.45) is 0 Å². The lowest BCUT2D eigenvalue weighted by Gasteiger charge is -2.21. The topological polar surface area (TPSA) is 52.5 Å². The van der Waals surface area contributed by atoms with Gasteiger partial charge in [-0.05, 0) is 13.8 Å². The summed E-state index contributed by atoms with van der Waals surface area (Å²) in [6, 6.07) is 1.94. The van der Waals surface area contributed by atoms with Crippen LogP contribution in [0, 0.1) is 6.92 Å². The zero-order chi connectivity index (χ0) is 12.1. The van der Waals surface area contributed by atoms with E-state index in [4.69, 9.17) is 5.11 Å². The van der Waals surface area contributed by atoms with Gasteiger partial charge in [-0.3, -0.25) is 0 Å². The maximum atomic E-state index is 8.90. The highest BCUT2D eigenvalue weighted by molar-refractivity contribution is 5.50. The molecular formula is C11H20N4O. The average molecular weight is 224 g/mol. The summed E-state index contributed by atoms with van der Waals surface area (Å²) in [6.07, 6.45) is 0. The number of anilines is 2. The first kappa shape index (κ1) is 12.7. The summed E-state index contributed by atoms with van der Waals surface area (Å²) >= 11 is 0. The molecule has 1 heterocycles. The van der Waals surface area contributed by atoms with Crippen molar-refractivity contribution in [2.45, 2.75) is 13.8 Å². The standard InChI is InChI=1S/C11H20N4O/c1-5-14(3)10-8-11(13-9(2)12-10)15(4)6-7-16/h8,16H,5-7H2,1-4H3. The quantitative estimate of drug-likeness (QED) is 0.796. The van der Waals surface area contributed by atoms with Gasteiger partial charge in [-0.1, -0.05) is 0 Å². The van der Waals surface area contributed by atoms with Crippen LogP contribution in [0.4, 0.5) is 11.6 Å². The van der Waals surface area contributed by atoms with Crippen LogP contribution in [0.5, 0.6) is 0 Å². The highest BCUT2D eigenvalue weighted by Gasteiger charge is 2.08. The molecule has 0 aliphatic carbocycles. The molecule has 1 N–H and O–H groups in total. The average Bonchev–Trinajstić information content (AvgIpc) is 2.27. The molecule has 0 aliphatic heterocycles. The number of hydrogen-bond acceptors (Lipinski definition) is 5. The molecule has 1 rings (SSSR count). The Morgan fingerprint density at radius 3 is 2.25 bits per heavy atom. The highest BCUT2D eigenvalue weighted by atomic mass is 16.3. The molecule has 0 saturated heterocycles. The highest BCUT2D eigenvalue weighted by Crippen LogP contribution is 2.16. The van der Waals surface area contributed by atoms with Crippen molar-refractivity contribution in [3.8, 4) is 0 Å². The van der Waals surface area contributed by atoms with Crippen LogP contribution in [-0.4, -0.2) is 48.9 Å². The van der Waals surface area contributed by atoms with Crippen molar-refractivity contribution in [1.29, 1.82) is 0 Å². The molecule has 0 spiro atoms. The summed E-state index contributed by atoms with van der Waals surface area (Å²) in [5, 5.41) is 8.90. The van der Waals surface area contributed by atoms with Crippen molar-refractivity contribution in [1.82, 2.24) is 9.97 Å². The summed E-state index contributed by atoms with van der Waals surface area (Å²) in [5.74, 6) is 2.50. The monoisotopic (exact) mass is 224 g/mol. The fourth-order valence-corrected chi connectivity index (χ4v) is 1.35. The molecule has 16 heavy (non-hydrogen) atoms. The van der Waals surface area contributed by atoms with Gasteiger partial charge in [0.25, 0.3) is 0 Å². The maximum absolute atomic E-state index is 8.90. The van der Waals surface area contributed by atoms with Crippen molar-refractivity contribution in [2.75, 3.05) is 43.6 Å². The lowest BCUT2D eigenvalue weighted by atomic mass is 10.4. The van der Waals surface area contributed by atoms with Crippen LogP contribution in [0.1, 0.15) is 12.7 Å². The van der Waals surface area contributed by atoms with Gasteiger partial charge in [0, 0.05) is 33.3 Å². The van der Waals surface area contributed by atoms with Crippen LogP contribution in [0.3, 0.4) is 0 Å². The Hall–Kier alpha value is -1.36. The molecule has 0 aromatic carbocycles. The number of aromatic nitrogens is 2. The van der Waals surface area contributed by atoms with Gasteiger partial charge in [-0.2, -0.15) is 0 Å². The van der Waals surface area contributed by atoms with Crippen LogP contribution in [0.25, 0.3) is 0 Å². The SMILES string of the molecule is CCN(C)c1cc(N(C)CCO)nc(C)n1. The van der Waals surface area contributed by atoms with Gasteiger partial charge in [-0.15, -0.1) is 0 Å². The Balaban J connectivity index is 2.97. The third kappa shape index (κ3) is 3.06. The number of nitrogens with zero attached hydrogens (tertiary/aromatic N) is 4. The van der Waals surface area contributed by atoms with Crippen LogP contribution >= 0.6 is 0 Å². The molecule has 0 saturated carbocycles. The number of aliphatic hydroxyl groups is 1. The zero-order valence-electron chi connectivity index (χ0n) is 10.4. The number of aliphatic hydroxyl groups excluding tert-OH is 1. The summed E-state index contributed by atoms with van der Waals surface area (Å²) in [4.78, 5) is 12.7. The van der Waals surface area contributed by atoms with E-state index >= 15 is 0 Å². The summed E-state index contributed by atoms with van der Waals surface area (Å²) in [6.45, 7) is 5.56. The van der Waals surface area contributed by atoms with Crippen molar-refractivity contribution >= 4 is 11.6 Å². The second-order valence-electron chi connectivity index (χ2n) is 3.79. The Morgan fingerprint density at radius 2 is 1.75 bits per heavy atom. The Labute approximate surface area is 96.7 Å². The molecule has 0 unspecified atom stereocenters. The van der Waals surface area contributed by atoms with Crippen molar-refractivity contribution < 1.29 is 5.11 Å². The lowest BCUT2D eigenvalue weighted by Crippen LogP contribution is -2.24. The third-order valence-electron chi connectivity index (χ3n) is 2.50. The van der Waals surface area contributed by atoms with Crippen molar-refractivity contribution in [3.63, 3.8) is 0 Å². The van der Waals surface area contributed by atoms with Gasteiger partial charge >= 0.3 is 0 Å². The van der Waals surface area contributed by atoms with Gasteiger partial charge in [0.1, 0.15) is 17.5 Å². The van der Waals surface area contributed by atoms with E-state index in [0.29, 0.717) is 6.54 Å². The molecule has 5 heteroatoms. The first-order valence-electron chi connectivity index (χ1n) is 5.47. The van der Waals surface area contributed by atoms with E-state index in [0.717, 1.165) is 24.0 Å². The minimum atomic E-state index is 0.124. The number of likely N-dealkylation sites (N-methyl/N-ethyl adjacent to an activating group) is 1. The Bertz CT molecular complexity index is 343. The van der Waals surface area contributed by atoms with Crippen LogP contribution in [-0.2, 0) is 0 Å². The lowest BCUT2D eigenvalue weighted by molar-refractivity contribution is 0.304. The summed E-state index contributed by atoms with van der Waals surface area (Å²) < 4.78 is 0. The predicted molar refractivity (Wildman–Crippen MR) is 66.1 cm³/mol. The van der Waals surface area contributed by atoms with Gasteiger partial charge < -0.3 is 14.9 Å². The fraction of sp³-hybridized carbons (Fsp3) is 0.636. The van der Waals surface area contributed by atoms with Gasteiger partial charge in [0.2, 0.25) is 0 Å². The molecular weight excluding hydrogens is 204 g/mol. The van der Waals surface area contributed by atoms with E-state index in [1.54, 1.807) is 0 Å². The van der Waals surface area contributed by atoms with Crippen LogP contribution in [0.2, 0.25) is 0 Å². The smallest absolute Gasteiger partial charge is 0.134 e. The van der Waals surface area contributed by atoms with Gasteiger partial charge in [0.05, 0.1) is 6.61 Å². The Kier molecular flexibility index (Phi) is 4.49. The first-order chi connectivity index (χ1) is 7.58. The molecule has 0 aliphatic rings. The molecule has 5 nitrogen and oxygen atoms in total. The molecule has 90 valence electrons. The normalized spacial score (nSPS) is 10.3. The third-order valence-corrected chi connectivity index (χ3v) is 2.50. The molecule has 0 amide bonds. The fourth-order valence-electron chi connectivity index (χ4n) is 1.35. The zero-order valence-corrected chi connectivity index (χ0v) is 10.4. The van der Waals surface area contributed by atoms with Gasteiger partial charge in [0.15, 0.2) is 0 Å². The van der Waals surface area contributed by atoms with Crippen LogP contribution in [0.15, 0.2) is 6.07 Å². The van der Waals surface area contributed by atoms with E-state index < -0.39 is 0 Å². The molecule has 1 aromatic heterocycles. The Morgan fingerprint density at radius 1 is 1.19 bits per heavy atom. The van der Waals surface area contributed by atoms with Gasteiger partial charge in [-0.25, -0.2) is 9.97 Å². The molecule has 0 atom stereocenters. The maximum Gasteiger partial charge on any atom is 0.134 e. The van der Waals surface area contributed by atoms with E-state index in [1.165, 1.54) is 0 Å². The summed E-state index contributed by atoms with van der Waals surface area (Å²) in [5.41, 5.74) is 0. The second-order valence-corrected chi connectivity index (χ2v) is 3.79. The number of rotatable bonds is 5. The first-order valence-corrected chi connectivity index (χ1v) is 5.47. The largest absolute Gasteiger partial charge is 0.395 e. The molecule has 1 aromatic rings.